The van der Waals surface area contributed by atoms with Crippen molar-refractivity contribution in [2.24, 2.45) is 0 Å². The van der Waals surface area contributed by atoms with E-state index >= 15 is 0 Å². The molecule has 0 bridgehead atoms. The standard InChI is InChI=1S/3C2H6O.H2O.Ti/c3*1-2-3;;/h3*3H,2H2,1H3;1H2;. The first kappa shape index (κ1) is 30.0. The van der Waals surface area contributed by atoms with E-state index in [2.05, 4.69) is 0 Å². The molecule has 0 fully saturated rings. The molecule has 0 radical (unpaired) electrons. The molecule has 5 heteroatoms. The van der Waals surface area contributed by atoms with Gasteiger partial charge in [-0.3, -0.25) is 0 Å². The molecule has 0 aromatic rings. The van der Waals surface area contributed by atoms with E-state index in [0.717, 1.165) is 0 Å². The number of hydrogen-bond acceptors (Lipinski definition) is 3. The van der Waals surface area contributed by atoms with Crippen LogP contribution in [0.4, 0.5) is 0 Å². The molecular weight excluding hydrogens is 184 g/mol. The minimum absolute atomic E-state index is 0. The molecule has 0 amide bonds. The predicted octanol–water partition coefficient (Wildman–Crippen LogP) is -0.831. The fourth-order valence-electron chi connectivity index (χ4n) is 0. The zero-order chi connectivity index (χ0) is 8.12. The zero-order valence-electron chi connectivity index (χ0n) is 7.46. The average Bonchev–Trinajstić information content (AvgIpc) is 1.70. The normalized spacial score (nSPS) is 4.91. The Labute approximate surface area is 83.4 Å². The summed E-state index contributed by atoms with van der Waals surface area (Å²) >= 11 is 0. The van der Waals surface area contributed by atoms with Gasteiger partial charge in [0.05, 0.1) is 0 Å². The van der Waals surface area contributed by atoms with E-state index in [9.17, 15) is 0 Å². The zero-order valence-corrected chi connectivity index (χ0v) is 9.02. The summed E-state index contributed by atoms with van der Waals surface area (Å²) in [6.07, 6.45) is 0. The maximum atomic E-state index is 7.57. The van der Waals surface area contributed by atoms with Gasteiger partial charge in [-0.15, -0.1) is 0 Å². The summed E-state index contributed by atoms with van der Waals surface area (Å²) in [7, 11) is 0. The van der Waals surface area contributed by atoms with Gasteiger partial charge in [0.2, 0.25) is 0 Å². The summed E-state index contributed by atoms with van der Waals surface area (Å²) in [5.74, 6) is 0. The number of rotatable bonds is 0. The average molecular weight is 204 g/mol. The molecule has 0 aliphatic heterocycles. The van der Waals surface area contributed by atoms with Gasteiger partial charge in [-0.05, 0) is 20.8 Å². The molecule has 0 aliphatic carbocycles. The molecule has 72 valence electrons. The van der Waals surface area contributed by atoms with E-state index in [1.54, 1.807) is 20.8 Å². The fourth-order valence-corrected chi connectivity index (χ4v) is 0. The molecule has 0 atom stereocenters. The van der Waals surface area contributed by atoms with Crippen LogP contribution in [-0.2, 0) is 21.7 Å². The van der Waals surface area contributed by atoms with Gasteiger partial charge in [-0.2, -0.15) is 0 Å². The second kappa shape index (κ2) is 76.3. The Hall–Kier alpha value is 0.554. The molecule has 0 saturated heterocycles. The second-order valence-electron chi connectivity index (χ2n) is 0.949. The SMILES string of the molecule is CCO.CCO.CCO.O.[Ti]. The van der Waals surface area contributed by atoms with Gasteiger partial charge in [0.25, 0.3) is 0 Å². The van der Waals surface area contributed by atoms with E-state index in [-0.39, 0.29) is 47.0 Å². The maximum Gasteiger partial charge on any atom is 0.0402 e. The molecule has 0 aliphatic rings. The van der Waals surface area contributed by atoms with Crippen LogP contribution in [0.1, 0.15) is 20.8 Å². The van der Waals surface area contributed by atoms with Crippen LogP contribution in [0, 0.1) is 0 Å². The van der Waals surface area contributed by atoms with Crippen molar-refractivity contribution >= 4 is 0 Å². The fraction of sp³-hybridized carbons (Fsp3) is 1.00. The van der Waals surface area contributed by atoms with Gasteiger partial charge in [0, 0.05) is 41.5 Å². The summed E-state index contributed by atoms with van der Waals surface area (Å²) in [5.41, 5.74) is 0. The van der Waals surface area contributed by atoms with E-state index in [0.29, 0.717) is 0 Å². The van der Waals surface area contributed by atoms with Gasteiger partial charge in [0.1, 0.15) is 0 Å². The van der Waals surface area contributed by atoms with Crippen molar-refractivity contribution in [3.63, 3.8) is 0 Å². The van der Waals surface area contributed by atoms with Crippen LogP contribution in [0.15, 0.2) is 0 Å². The smallest absolute Gasteiger partial charge is 0.0402 e. The van der Waals surface area contributed by atoms with Crippen molar-refractivity contribution in [2.75, 3.05) is 19.8 Å². The van der Waals surface area contributed by atoms with Crippen LogP contribution in [0.2, 0.25) is 0 Å². The quantitative estimate of drug-likeness (QED) is 0.449. The Morgan fingerprint density at radius 2 is 0.727 bits per heavy atom. The third-order valence-electron chi connectivity index (χ3n) is 0. The van der Waals surface area contributed by atoms with Crippen molar-refractivity contribution in [3.05, 3.63) is 0 Å². The van der Waals surface area contributed by atoms with Crippen LogP contribution in [0.5, 0.6) is 0 Å². The molecule has 0 aromatic carbocycles. The largest absolute Gasteiger partial charge is 0.412 e. The molecule has 0 heterocycles. The minimum atomic E-state index is 0. The molecule has 0 saturated carbocycles. The molecular formula is C6H20O4Ti. The van der Waals surface area contributed by atoms with E-state index in [4.69, 9.17) is 15.3 Å². The van der Waals surface area contributed by atoms with Crippen LogP contribution in [0.3, 0.4) is 0 Å². The van der Waals surface area contributed by atoms with E-state index in [1.807, 2.05) is 0 Å². The Kier molecular flexibility index (Phi) is 208. The Balaban J connectivity index is -0.0000000150. The molecule has 5 N–H and O–H groups in total. The third-order valence-corrected chi connectivity index (χ3v) is 0. The monoisotopic (exact) mass is 204 g/mol. The number of aliphatic hydroxyl groups excluding tert-OH is 3. The molecule has 0 spiro atoms. The maximum absolute atomic E-state index is 7.57. The number of hydrogen-bond donors (Lipinski definition) is 3. The third kappa shape index (κ3) is 2510. The van der Waals surface area contributed by atoms with Crippen LogP contribution in [-0.4, -0.2) is 40.6 Å². The first-order chi connectivity index (χ1) is 4.24. The number of aliphatic hydroxyl groups is 3. The summed E-state index contributed by atoms with van der Waals surface area (Å²) in [6, 6.07) is 0. The van der Waals surface area contributed by atoms with Crippen molar-refractivity contribution in [1.29, 1.82) is 0 Å². The Morgan fingerprint density at radius 1 is 0.727 bits per heavy atom. The Bertz CT molecular complexity index is 19.3. The second-order valence-corrected chi connectivity index (χ2v) is 0.949. The van der Waals surface area contributed by atoms with Crippen LogP contribution >= 0.6 is 0 Å². The van der Waals surface area contributed by atoms with Gasteiger partial charge in [-0.1, -0.05) is 0 Å². The molecule has 4 nitrogen and oxygen atoms in total. The van der Waals surface area contributed by atoms with Crippen molar-refractivity contribution in [2.45, 2.75) is 20.8 Å². The van der Waals surface area contributed by atoms with Gasteiger partial charge < -0.3 is 20.8 Å². The molecule has 0 rings (SSSR count). The van der Waals surface area contributed by atoms with Gasteiger partial charge >= 0.3 is 0 Å². The van der Waals surface area contributed by atoms with E-state index < -0.39 is 0 Å². The van der Waals surface area contributed by atoms with Crippen LogP contribution in [0.25, 0.3) is 0 Å². The first-order valence-corrected chi connectivity index (χ1v) is 3.07. The first-order valence-electron chi connectivity index (χ1n) is 3.07. The van der Waals surface area contributed by atoms with E-state index in [1.165, 1.54) is 0 Å². The van der Waals surface area contributed by atoms with Gasteiger partial charge in [-0.25, -0.2) is 0 Å². The van der Waals surface area contributed by atoms with Crippen molar-refractivity contribution < 1.29 is 42.5 Å². The van der Waals surface area contributed by atoms with Crippen LogP contribution < -0.4 is 0 Å². The van der Waals surface area contributed by atoms with Crippen molar-refractivity contribution in [3.8, 4) is 0 Å². The predicted molar refractivity (Wildman–Crippen MR) is 41.9 cm³/mol. The molecule has 0 unspecified atom stereocenters. The summed E-state index contributed by atoms with van der Waals surface area (Å²) in [6.45, 7) is 5.79. The molecule has 11 heavy (non-hydrogen) atoms. The summed E-state index contributed by atoms with van der Waals surface area (Å²) in [5, 5.41) is 22.7. The summed E-state index contributed by atoms with van der Waals surface area (Å²) in [4.78, 5) is 0. The molecule has 0 aromatic heterocycles. The minimum Gasteiger partial charge on any atom is -0.412 e. The summed E-state index contributed by atoms with van der Waals surface area (Å²) < 4.78 is 0. The topological polar surface area (TPSA) is 92.2 Å². The van der Waals surface area contributed by atoms with Crippen molar-refractivity contribution in [1.82, 2.24) is 0 Å². The van der Waals surface area contributed by atoms with Gasteiger partial charge in [0.15, 0.2) is 0 Å². The Morgan fingerprint density at radius 3 is 0.727 bits per heavy atom.